The number of carbonyl (C=O) groups excluding carboxylic acids is 1. The summed E-state index contributed by atoms with van der Waals surface area (Å²) < 4.78 is 18.5. The van der Waals surface area contributed by atoms with E-state index in [-0.39, 0.29) is 22.8 Å². The Morgan fingerprint density at radius 2 is 2.11 bits per heavy atom. The molecule has 0 saturated heterocycles. The lowest BCUT2D eigenvalue weighted by molar-refractivity contribution is -0.140. The summed E-state index contributed by atoms with van der Waals surface area (Å²) in [6.07, 6.45) is 4.87. The van der Waals surface area contributed by atoms with E-state index in [1.165, 1.54) is 12.1 Å². The maximum Gasteiger partial charge on any atom is 0.314 e. The molecule has 0 amide bonds. The highest BCUT2D eigenvalue weighted by atomic mass is 35.5. The third-order valence-electron chi connectivity index (χ3n) is 3.75. The molecule has 1 aromatic heterocycles. The van der Waals surface area contributed by atoms with E-state index >= 15 is 0 Å². The standard InChI is InChI=1S/C14H17ClFNO2/c1-2-9-3-5-10(6-4-9)14(18)19-11-7-8-12(15)17-13(11)16/h7-10H,2-6H2,1H3. The van der Waals surface area contributed by atoms with Gasteiger partial charge in [0.25, 0.3) is 5.95 Å². The van der Waals surface area contributed by atoms with Crippen LogP contribution >= 0.6 is 11.6 Å². The van der Waals surface area contributed by atoms with E-state index in [0.29, 0.717) is 5.92 Å². The molecular weight excluding hydrogens is 269 g/mol. The molecule has 19 heavy (non-hydrogen) atoms. The van der Waals surface area contributed by atoms with Crippen LogP contribution in [-0.4, -0.2) is 11.0 Å². The van der Waals surface area contributed by atoms with Gasteiger partial charge in [-0.3, -0.25) is 4.79 Å². The highest BCUT2D eigenvalue weighted by Gasteiger charge is 2.27. The van der Waals surface area contributed by atoms with E-state index in [9.17, 15) is 9.18 Å². The van der Waals surface area contributed by atoms with Crippen molar-refractivity contribution in [3.8, 4) is 5.75 Å². The number of halogens is 2. The summed E-state index contributed by atoms with van der Waals surface area (Å²) >= 11 is 5.54. The number of hydrogen-bond donors (Lipinski definition) is 0. The molecule has 104 valence electrons. The van der Waals surface area contributed by atoms with Crippen LogP contribution in [0.15, 0.2) is 12.1 Å². The van der Waals surface area contributed by atoms with E-state index in [1.807, 2.05) is 0 Å². The molecule has 0 spiro atoms. The van der Waals surface area contributed by atoms with Crippen LogP contribution in [0.2, 0.25) is 5.15 Å². The fraction of sp³-hybridized carbons (Fsp3) is 0.571. The molecule has 0 bridgehead atoms. The Bertz CT molecular complexity index is 459. The van der Waals surface area contributed by atoms with Crippen molar-refractivity contribution in [1.82, 2.24) is 4.98 Å². The third-order valence-corrected chi connectivity index (χ3v) is 3.96. The van der Waals surface area contributed by atoms with Gasteiger partial charge in [0.1, 0.15) is 5.15 Å². The minimum Gasteiger partial charge on any atom is -0.421 e. The lowest BCUT2D eigenvalue weighted by Gasteiger charge is -2.26. The second kappa shape index (κ2) is 6.33. The SMILES string of the molecule is CCC1CCC(C(=O)Oc2ccc(Cl)nc2F)CC1. The minimum atomic E-state index is -0.844. The summed E-state index contributed by atoms with van der Waals surface area (Å²) in [5, 5.41) is 0.0424. The van der Waals surface area contributed by atoms with E-state index in [0.717, 1.165) is 32.1 Å². The normalized spacial score (nSPS) is 23.1. The highest BCUT2D eigenvalue weighted by molar-refractivity contribution is 6.29. The van der Waals surface area contributed by atoms with Gasteiger partial charge in [0, 0.05) is 0 Å². The van der Waals surface area contributed by atoms with Crippen molar-refractivity contribution in [3.05, 3.63) is 23.2 Å². The average Bonchev–Trinajstić information content (AvgIpc) is 2.42. The number of aromatic nitrogens is 1. The number of ether oxygens (including phenoxy) is 1. The van der Waals surface area contributed by atoms with Crippen molar-refractivity contribution in [2.45, 2.75) is 39.0 Å². The molecule has 3 nitrogen and oxygen atoms in total. The second-order valence-electron chi connectivity index (χ2n) is 4.97. The van der Waals surface area contributed by atoms with Crippen LogP contribution in [0.1, 0.15) is 39.0 Å². The van der Waals surface area contributed by atoms with E-state index in [1.54, 1.807) is 0 Å². The van der Waals surface area contributed by atoms with Crippen LogP contribution in [0.25, 0.3) is 0 Å². The van der Waals surface area contributed by atoms with E-state index < -0.39 is 5.95 Å². The molecule has 1 aliphatic rings. The van der Waals surface area contributed by atoms with Gasteiger partial charge in [-0.25, -0.2) is 4.98 Å². The Kier molecular flexibility index (Phi) is 4.75. The Labute approximate surface area is 117 Å². The monoisotopic (exact) mass is 285 g/mol. The third kappa shape index (κ3) is 3.66. The molecule has 0 N–H and O–H groups in total. The van der Waals surface area contributed by atoms with Gasteiger partial charge in [-0.15, -0.1) is 0 Å². The van der Waals surface area contributed by atoms with Crippen molar-refractivity contribution in [3.63, 3.8) is 0 Å². The Morgan fingerprint density at radius 1 is 1.42 bits per heavy atom. The lowest BCUT2D eigenvalue weighted by atomic mass is 9.81. The van der Waals surface area contributed by atoms with Gasteiger partial charge in [0.2, 0.25) is 0 Å². The topological polar surface area (TPSA) is 39.2 Å². The molecule has 1 aliphatic carbocycles. The summed E-state index contributed by atoms with van der Waals surface area (Å²) in [5.74, 6) is -0.774. The van der Waals surface area contributed by atoms with Crippen molar-refractivity contribution in [1.29, 1.82) is 0 Å². The summed E-state index contributed by atoms with van der Waals surface area (Å²) in [5.41, 5.74) is 0. The maximum atomic E-state index is 13.4. The zero-order chi connectivity index (χ0) is 13.8. The van der Waals surface area contributed by atoms with E-state index in [2.05, 4.69) is 11.9 Å². The average molecular weight is 286 g/mol. The zero-order valence-electron chi connectivity index (χ0n) is 10.9. The number of rotatable bonds is 3. The number of pyridine rings is 1. The van der Waals surface area contributed by atoms with Gasteiger partial charge in [-0.2, -0.15) is 4.39 Å². The van der Waals surface area contributed by atoms with Crippen molar-refractivity contribution in [2.24, 2.45) is 11.8 Å². The van der Waals surface area contributed by atoms with Gasteiger partial charge in [0.05, 0.1) is 5.92 Å². The number of nitrogens with zero attached hydrogens (tertiary/aromatic N) is 1. The van der Waals surface area contributed by atoms with Gasteiger partial charge in [-0.05, 0) is 43.7 Å². The number of esters is 1. The van der Waals surface area contributed by atoms with Crippen molar-refractivity contribution >= 4 is 17.6 Å². The Morgan fingerprint density at radius 3 is 2.68 bits per heavy atom. The van der Waals surface area contributed by atoms with Crippen molar-refractivity contribution < 1.29 is 13.9 Å². The molecule has 0 radical (unpaired) electrons. The molecule has 0 aromatic carbocycles. The zero-order valence-corrected chi connectivity index (χ0v) is 11.6. The van der Waals surface area contributed by atoms with Crippen LogP contribution in [0, 0.1) is 17.8 Å². The molecule has 0 unspecified atom stereocenters. The van der Waals surface area contributed by atoms with Crippen LogP contribution in [-0.2, 0) is 4.79 Å². The maximum absolute atomic E-state index is 13.4. The summed E-state index contributed by atoms with van der Waals surface area (Å²) in [6, 6.07) is 2.74. The molecule has 0 atom stereocenters. The fourth-order valence-corrected chi connectivity index (χ4v) is 2.61. The quantitative estimate of drug-likeness (QED) is 0.622. The first-order chi connectivity index (χ1) is 9.10. The van der Waals surface area contributed by atoms with Gasteiger partial charge in [0.15, 0.2) is 5.75 Å². The number of hydrogen-bond acceptors (Lipinski definition) is 3. The predicted molar refractivity (Wildman–Crippen MR) is 70.6 cm³/mol. The molecule has 1 fully saturated rings. The molecule has 1 saturated carbocycles. The Hall–Kier alpha value is -1.16. The second-order valence-corrected chi connectivity index (χ2v) is 5.36. The first kappa shape index (κ1) is 14.3. The summed E-state index contributed by atoms with van der Waals surface area (Å²) in [7, 11) is 0. The molecular formula is C14H17ClFNO2. The largest absolute Gasteiger partial charge is 0.421 e. The molecule has 0 aliphatic heterocycles. The van der Waals surface area contributed by atoms with Crippen LogP contribution < -0.4 is 4.74 Å². The molecule has 2 rings (SSSR count). The smallest absolute Gasteiger partial charge is 0.314 e. The van der Waals surface area contributed by atoms with Crippen molar-refractivity contribution in [2.75, 3.05) is 0 Å². The van der Waals surface area contributed by atoms with Crippen LogP contribution in [0.3, 0.4) is 0 Å². The van der Waals surface area contributed by atoms with Gasteiger partial charge < -0.3 is 4.74 Å². The lowest BCUT2D eigenvalue weighted by Crippen LogP contribution is -2.25. The molecule has 1 aromatic rings. The molecule has 5 heteroatoms. The number of carbonyl (C=O) groups is 1. The van der Waals surface area contributed by atoms with Crippen LogP contribution in [0.4, 0.5) is 4.39 Å². The Balaban J connectivity index is 1.94. The summed E-state index contributed by atoms with van der Waals surface area (Å²) in [4.78, 5) is 15.4. The van der Waals surface area contributed by atoms with Crippen LogP contribution in [0.5, 0.6) is 5.75 Å². The van der Waals surface area contributed by atoms with E-state index in [4.69, 9.17) is 16.3 Å². The highest BCUT2D eigenvalue weighted by Crippen LogP contribution is 2.31. The fourth-order valence-electron chi connectivity index (χ4n) is 2.47. The molecule has 1 heterocycles. The predicted octanol–water partition coefficient (Wildman–Crippen LogP) is 4.00. The van der Waals surface area contributed by atoms with Gasteiger partial charge in [-0.1, -0.05) is 24.9 Å². The summed E-state index contributed by atoms with van der Waals surface area (Å²) in [6.45, 7) is 2.16. The first-order valence-electron chi connectivity index (χ1n) is 6.64. The first-order valence-corrected chi connectivity index (χ1v) is 7.01. The minimum absolute atomic E-state index is 0.0424. The van der Waals surface area contributed by atoms with Gasteiger partial charge >= 0.3 is 5.97 Å².